The van der Waals surface area contributed by atoms with Crippen LogP contribution in [0.2, 0.25) is 0 Å². The molecule has 3 unspecified atom stereocenters. The molecule has 3 atom stereocenters. The van der Waals surface area contributed by atoms with E-state index in [0.29, 0.717) is 23.9 Å². The van der Waals surface area contributed by atoms with Gasteiger partial charge in [-0.2, -0.15) is 0 Å². The van der Waals surface area contributed by atoms with Crippen LogP contribution < -0.4 is 5.32 Å². The second-order valence-electron chi connectivity index (χ2n) is 23.5. The highest BCUT2D eigenvalue weighted by atomic mass is 31.2. The summed E-state index contributed by atoms with van der Waals surface area (Å²) in [5, 5.41) is 14.1. The average molecular weight is 1080 g/mol. The summed E-state index contributed by atoms with van der Waals surface area (Å²) in [6.07, 6.45) is 76.2. The van der Waals surface area contributed by atoms with Crippen LogP contribution in [0.25, 0.3) is 0 Å². The summed E-state index contributed by atoms with van der Waals surface area (Å²) >= 11 is 0. The second kappa shape index (κ2) is 57.2. The second-order valence-corrected chi connectivity index (χ2v) is 24.9. The van der Waals surface area contributed by atoms with Gasteiger partial charge in [0.05, 0.1) is 39.9 Å². The predicted molar refractivity (Wildman–Crippen MR) is 327 cm³/mol. The van der Waals surface area contributed by atoms with E-state index in [2.05, 4.69) is 67.8 Å². The molecule has 0 aromatic rings. The van der Waals surface area contributed by atoms with Crippen molar-refractivity contribution in [3.05, 3.63) is 48.6 Å². The van der Waals surface area contributed by atoms with Crippen molar-refractivity contribution in [2.24, 2.45) is 0 Å². The number of aliphatic hydroxyl groups is 1. The minimum Gasteiger partial charge on any atom is -0.391 e. The smallest absolute Gasteiger partial charge is 0.391 e. The Morgan fingerprint density at radius 3 is 1.17 bits per heavy atom. The number of phosphoric acid groups is 1. The fourth-order valence-corrected chi connectivity index (χ4v) is 10.5. The van der Waals surface area contributed by atoms with E-state index in [9.17, 15) is 19.4 Å². The summed E-state index contributed by atoms with van der Waals surface area (Å²) in [4.78, 5) is 23.4. The zero-order valence-corrected chi connectivity index (χ0v) is 51.4. The van der Waals surface area contributed by atoms with Crippen molar-refractivity contribution in [2.45, 2.75) is 328 Å². The first-order valence-electron chi connectivity index (χ1n) is 32.5. The third-order valence-corrected chi connectivity index (χ3v) is 15.8. The van der Waals surface area contributed by atoms with Crippen molar-refractivity contribution in [1.29, 1.82) is 0 Å². The van der Waals surface area contributed by atoms with Gasteiger partial charge in [-0.1, -0.05) is 306 Å². The molecule has 0 bridgehead atoms. The lowest BCUT2D eigenvalue weighted by molar-refractivity contribution is -0.870. The molecule has 442 valence electrons. The lowest BCUT2D eigenvalue weighted by atomic mass is 10.0. The summed E-state index contributed by atoms with van der Waals surface area (Å²) in [7, 11) is 1.62. The number of unbranched alkanes of at least 4 members (excludes halogenated alkanes) is 39. The van der Waals surface area contributed by atoms with E-state index in [-0.39, 0.29) is 19.1 Å². The number of nitrogens with one attached hydrogen (secondary N) is 1. The first-order valence-corrected chi connectivity index (χ1v) is 34.0. The van der Waals surface area contributed by atoms with Crippen LogP contribution in [0.1, 0.15) is 316 Å². The number of rotatable bonds is 60. The number of allylic oxidation sites excluding steroid dienone is 8. The molecule has 0 aromatic carbocycles. The lowest BCUT2D eigenvalue weighted by Crippen LogP contribution is -2.46. The highest BCUT2D eigenvalue weighted by molar-refractivity contribution is 7.47. The zero-order chi connectivity index (χ0) is 54.9. The summed E-state index contributed by atoms with van der Waals surface area (Å²) in [5.74, 6) is -0.146. The van der Waals surface area contributed by atoms with Crippen molar-refractivity contribution < 1.29 is 32.9 Å². The Balaban J connectivity index is 4.06. The zero-order valence-electron chi connectivity index (χ0n) is 50.6. The molecular formula is C66H128N2O6P+. The van der Waals surface area contributed by atoms with E-state index in [0.717, 1.165) is 64.2 Å². The predicted octanol–water partition coefficient (Wildman–Crippen LogP) is 20.3. The molecule has 0 aromatic heterocycles. The standard InChI is InChI=1S/C66H127N2O6P/c1-6-8-10-12-14-16-18-20-22-24-26-28-30-31-32-33-34-35-36-38-39-41-43-45-47-49-51-53-55-57-59-65(69)64(63-74-75(71,72)73-62-61-68(3,4)5)67-66(70)60-58-56-54-52-50-48-46-44-42-40-37-29-27-25-23-21-19-17-15-13-11-9-7-2/h9,11,15,17,21,23,27,29,64-65,69H,6-8,10,12-14,16,18-20,22,24-26,28,30-63H2,1-5H3,(H-,67,70,71,72)/p+1/b11-9-,17-15-,23-21-,29-27-. The first kappa shape index (κ1) is 73.5. The van der Waals surface area contributed by atoms with Gasteiger partial charge in [0.25, 0.3) is 0 Å². The van der Waals surface area contributed by atoms with Gasteiger partial charge in [0.15, 0.2) is 0 Å². The first-order chi connectivity index (χ1) is 36.5. The quantitative estimate of drug-likeness (QED) is 0.0243. The highest BCUT2D eigenvalue weighted by Gasteiger charge is 2.28. The molecule has 0 spiro atoms. The molecule has 0 rings (SSSR count). The third kappa shape index (κ3) is 60.0. The molecular weight excluding hydrogens is 948 g/mol. The Morgan fingerprint density at radius 2 is 0.800 bits per heavy atom. The molecule has 0 aliphatic carbocycles. The van der Waals surface area contributed by atoms with Gasteiger partial charge in [0.1, 0.15) is 13.2 Å². The van der Waals surface area contributed by atoms with Crippen molar-refractivity contribution >= 4 is 13.7 Å². The summed E-state index contributed by atoms with van der Waals surface area (Å²) < 4.78 is 23.9. The Bertz CT molecular complexity index is 1360. The topological polar surface area (TPSA) is 105 Å². The third-order valence-electron chi connectivity index (χ3n) is 14.8. The number of hydrogen-bond donors (Lipinski definition) is 3. The highest BCUT2D eigenvalue weighted by Crippen LogP contribution is 2.43. The molecule has 1 amide bonds. The molecule has 9 heteroatoms. The number of carbonyl (C=O) groups excluding carboxylic acids is 1. The minimum atomic E-state index is -4.33. The van der Waals surface area contributed by atoms with Gasteiger partial charge >= 0.3 is 7.82 Å². The van der Waals surface area contributed by atoms with Crippen LogP contribution >= 0.6 is 7.82 Å². The van der Waals surface area contributed by atoms with E-state index in [1.54, 1.807) is 0 Å². The van der Waals surface area contributed by atoms with Crippen LogP contribution in [0.3, 0.4) is 0 Å². The summed E-state index contributed by atoms with van der Waals surface area (Å²) in [6.45, 7) is 4.81. The van der Waals surface area contributed by atoms with Crippen LogP contribution in [0.15, 0.2) is 48.6 Å². The largest absolute Gasteiger partial charge is 0.472 e. The molecule has 8 nitrogen and oxygen atoms in total. The molecule has 75 heavy (non-hydrogen) atoms. The van der Waals surface area contributed by atoms with Crippen LogP contribution in [0.5, 0.6) is 0 Å². The number of phosphoric ester groups is 1. The maximum Gasteiger partial charge on any atom is 0.472 e. The van der Waals surface area contributed by atoms with Crippen LogP contribution in [-0.2, 0) is 18.4 Å². The average Bonchev–Trinajstić information content (AvgIpc) is 3.37. The number of carbonyl (C=O) groups is 1. The van der Waals surface area contributed by atoms with Crippen molar-refractivity contribution in [3.63, 3.8) is 0 Å². The molecule has 0 heterocycles. The van der Waals surface area contributed by atoms with Gasteiger partial charge in [-0.3, -0.25) is 13.8 Å². The van der Waals surface area contributed by atoms with E-state index in [1.165, 1.54) is 225 Å². The summed E-state index contributed by atoms with van der Waals surface area (Å²) in [6, 6.07) is -0.766. The number of likely N-dealkylation sites (N-methyl/N-ethyl adjacent to an activating group) is 1. The minimum absolute atomic E-state index is 0.0732. The maximum absolute atomic E-state index is 13.0. The van der Waals surface area contributed by atoms with Gasteiger partial charge in [-0.15, -0.1) is 0 Å². The summed E-state index contributed by atoms with van der Waals surface area (Å²) in [5.41, 5.74) is 0. The van der Waals surface area contributed by atoms with E-state index < -0.39 is 20.0 Å². The van der Waals surface area contributed by atoms with Gasteiger partial charge in [-0.25, -0.2) is 4.57 Å². The monoisotopic (exact) mass is 1080 g/mol. The SMILES string of the molecule is CC/C=C\C/C=C\C/C=C\C/C=C\CCCCCCCCCCCCC(=O)NC(COP(=O)(O)OCC[N+](C)(C)C)C(O)CCCCCCCCCCCCCCCCCCCCCCCCCCCCCCCC. The van der Waals surface area contributed by atoms with E-state index in [4.69, 9.17) is 9.05 Å². The number of nitrogens with zero attached hydrogens (tertiary/aromatic N) is 1. The number of amides is 1. The molecule has 0 fully saturated rings. The Hall–Kier alpha value is -1.54. The normalized spacial score (nSPS) is 14.1. The van der Waals surface area contributed by atoms with Crippen LogP contribution in [0, 0.1) is 0 Å². The van der Waals surface area contributed by atoms with Crippen molar-refractivity contribution in [3.8, 4) is 0 Å². The Kier molecular flexibility index (Phi) is 56.0. The fourth-order valence-electron chi connectivity index (χ4n) is 9.81. The molecule has 0 aliphatic heterocycles. The van der Waals surface area contributed by atoms with Crippen LogP contribution in [0.4, 0.5) is 0 Å². The van der Waals surface area contributed by atoms with Gasteiger partial charge in [0, 0.05) is 6.42 Å². The van der Waals surface area contributed by atoms with Gasteiger partial charge in [-0.05, 0) is 51.4 Å². The fraction of sp³-hybridized carbons (Fsp3) is 0.864. The Morgan fingerprint density at radius 1 is 0.467 bits per heavy atom. The van der Waals surface area contributed by atoms with E-state index in [1.807, 2.05) is 21.1 Å². The number of aliphatic hydroxyl groups excluding tert-OH is 1. The number of hydrogen-bond acceptors (Lipinski definition) is 5. The lowest BCUT2D eigenvalue weighted by Gasteiger charge is -2.26. The molecule has 3 N–H and O–H groups in total. The molecule has 0 radical (unpaired) electrons. The van der Waals surface area contributed by atoms with E-state index >= 15 is 0 Å². The van der Waals surface area contributed by atoms with Crippen LogP contribution in [-0.4, -0.2) is 73.4 Å². The number of quaternary nitrogens is 1. The van der Waals surface area contributed by atoms with Crippen molar-refractivity contribution in [2.75, 3.05) is 40.9 Å². The van der Waals surface area contributed by atoms with Gasteiger partial charge in [0.2, 0.25) is 5.91 Å². The van der Waals surface area contributed by atoms with Crippen molar-refractivity contribution in [1.82, 2.24) is 5.32 Å². The Labute approximate surface area is 467 Å². The molecule has 0 aliphatic rings. The van der Waals surface area contributed by atoms with Gasteiger partial charge < -0.3 is 19.8 Å². The molecule has 0 saturated carbocycles. The molecule has 0 saturated heterocycles. The maximum atomic E-state index is 13.0.